The van der Waals surface area contributed by atoms with Crippen LogP contribution in [0.1, 0.15) is 40.2 Å². The normalized spacial score (nSPS) is 14.0. The Morgan fingerprint density at radius 3 is 1.38 bits per heavy atom. The van der Waals surface area contributed by atoms with Gasteiger partial charge in [-0.3, -0.25) is 0 Å². The Balaban J connectivity index is 0.000000327. The minimum atomic E-state index is -0.889. The van der Waals surface area contributed by atoms with E-state index in [2.05, 4.69) is 41.2 Å². The Morgan fingerprint density at radius 2 is 1.19 bits per heavy atom. The van der Waals surface area contributed by atoms with E-state index in [1.165, 1.54) is 33.8 Å². The van der Waals surface area contributed by atoms with Crippen molar-refractivity contribution >= 4 is 24.5 Å². The molecule has 0 aliphatic heterocycles. The molecule has 21 heavy (non-hydrogen) atoms. The fourth-order valence-corrected chi connectivity index (χ4v) is 2.00. The van der Waals surface area contributed by atoms with Crippen LogP contribution >= 0.6 is 18.4 Å². The van der Waals surface area contributed by atoms with Crippen LogP contribution in [-0.4, -0.2) is 0 Å². The summed E-state index contributed by atoms with van der Waals surface area (Å²) in [5.74, 6) is 1.47. The van der Waals surface area contributed by atoms with Gasteiger partial charge in [0.2, 0.25) is 0 Å². The molecule has 0 atom stereocenters. The third-order valence-corrected chi connectivity index (χ3v) is 3.85. The molecule has 3 heteroatoms. The zero-order valence-corrected chi connectivity index (χ0v) is 18.1. The van der Waals surface area contributed by atoms with E-state index in [1.807, 2.05) is 36.4 Å². The third kappa shape index (κ3) is 7.04. The van der Waals surface area contributed by atoms with E-state index in [0.717, 1.165) is 0 Å². The number of halogens is 2. The first kappa shape index (κ1) is 20.8. The molecule has 1 aromatic carbocycles. The first-order valence-corrected chi connectivity index (χ1v) is 14.7. The monoisotopic (exact) mass is 490 g/mol. The van der Waals surface area contributed by atoms with Gasteiger partial charge in [0, 0.05) is 5.92 Å². The molecule has 0 aromatic heterocycles. The summed E-state index contributed by atoms with van der Waals surface area (Å²) >= 11 is -0.889. The van der Waals surface area contributed by atoms with Crippen molar-refractivity contribution in [2.45, 2.75) is 34.6 Å². The average molecular weight is 491 g/mol. The van der Waals surface area contributed by atoms with Crippen LogP contribution in [0.15, 0.2) is 59.2 Å². The van der Waals surface area contributed by atoms with Gasteiger partial charge >= 0.3 is 36.0 Å². The van der Waals surface area contributed by atoms with Gasteiger partial charge in [0.1, 0.15) is 0 Å². The van der Waals surface area contributed by atoms with Gasteiger partial charge in [0.25, 0.3) is 0 Å². The van der Waals surface area contributed by atoms with Gasteiger partial charge in [-0.1, -0.05) is 61.1 Å². The molecule has 0 nitrogen and oxygen atoms in total. The second-order valence-electron chi connectivity index (χ2n) is 4.80. The first-order chi connectivity index (χ1) is 9.90. The van der Waals surface area contributed by atoms with Gasteiger partial charge in [-0.25, -0.2) is 0 Å². The molecule has 1 aliphatic carbocycles. The van der Waals surface area contributed by atoms with Crippen LogP contribution in [0.5, 0.6) is 0 Å². The van der Waals surface area contributed by atoms with E-state index in [1.54, 1.807) is 0 Å². The first-order valence-electron chi connectivity index (χ1n) is 6.70. The van der Waals surface area contributed by atoms with E-state index < -0.39 is 17.6 Å². The summed E-state index contributed by atoms with van der Waals surface area (Å²) in [5.41, 5.74) is 7.04. The quantitative estimate of drug-likeness (QED) is 0.398. The number of benzene rings is 1. The molecule has 0 bridgehead atoms. The Labute approximate surface area is 146 Å². The Kier molecular flexibility index (Phi) is 11.2. The topological polar surface area (TPSA) is 0 Å². The van der Waals surface area contributed by atoms with Gasteiger partial charge in [0.15, 0.2) is 0 Å². The minimum absolute atomic E-state index is 0.889. The molecule has 1 aliphatic rings. The van der Waals surface area contributed by atoms with E-state index in [9.17, 15) is 0 Å². The molecule has 1 aromatic rings. The number of hydrogen-bond donors (Lipinski definition) is 0. The van der Waals surface area contributed by atoms with Crippen molar-refractivity contribution in [3.63, 3.8) is 0 Å². The standard InChI is InChI=1S/C10H15.C8H8.2ClH.Ta/c1-6-7(2)9(4)10(5)8(6)3;1-2-8-6-4-3-5-7-8;;;/h1-5H3;2-7H,1H2;2*1H;/q;;;;+2/p-2. The zero-order valence-electron chi connectivity index (χ0n) is 13.4. The van der Waals surface area contributed by atoms with Gasteiger partial charge in [0.05, 0.1) is 0 Å². The molecule has 0 heterocycles. The van der Waals surface area contributed by atoms with Gasteiger partial charge in [-0.05, 0) is 44.4 Å². The predicted octanol–water partition coefficient (Wildman–Crippen LogP) is 6.97. The second kappa shape index (κ2) is 11.3. The molecule has 0 amide bonds. The fourth-order valence-electron chi connectivity index (χ4n) is 2.00. The summed E-state index contributed by atoms with van der Waals surface area (Å²) in [6, 6.07) is 10.0. The molecule has 0 saturated carbocycles. The average Bonchev–Trinajstić information content (AvgIpc) is 2.68. The molecule has 0 N–H and O–H groups in total. The van der Waals surface area contributed by atoms with Crippen LogP contribution in [0.4, 0.5) is 0 Å². The van der Waals surface area contributed by atoms with Crippen LogP contribution in [0, 0.1) is 5.92 Å². The number of allylic oxidation sites excluding steroid dienone is 4. The van der Waals surface area contributed by atoms with Gasteiger partial charge < -0.3 is 0 Å². The summed E-state index contributed by atoms with van der Waals surface area (Å²) in [6.45, 7) is 14.6. The molecular weight excluding hydrogens is 468 g/mol. The molecule has 1 radical (unpaired) electrons. The molecule has 0 unspecified atom stereocenters. The molecule has 0 saturated heterocycles. The maximum absolute atomic E-state index is 4.94. The Morgan fingerprint density at radius 1 is 0.810 bits per heavy atom. The maximum atomic E-state index is 4.94. The van der Waals surface area contributed by atoms with E-state index >= 15 is 0 Å². The molecule has 2 rings (SSSR count). The van der Waals surface area contributed by atoms with Crippen LogP contribution in [-0.2, 0) is 17.6 Å². The van der Waals surface area contributed by atoms with Crippen molar-refractivity contribution in [1.82, 2.24) is 0 Å². The molecule has 0 fully saturated rings. The molecule has 114 valence electrons. The van der Waals surface area contributed by atoms with Crippen molar-refractivity contribution in [3.05, 3.63) is 70.7 Å². The summed E-state index contributed by atoms with van der Waals surface area (Å²) in [6.07, 6.45) is 1.83. The second-order valence-corrected chi connectivity index (χ2v) is 9.45. The van der Waals surface area contributed by atoms with E-state index in [0.29, 0.717) is 0 Å². The Hall–Kier alpha value is -0.240. The van der Waals surface area contributed by atoms with Crippen molar-refractivity contribution in [3.8, 4) is 0 Å². The van der Waals surface area contributed by atoms with E-state index in [-0.39, 0.29) is 0 Å². The van der Waals surface area contributed by atoms with Crippen LogP contribution < -0.4 is 0 Å². The fraction of sp³-hybridized carbons (Fsp3) is 0.278. The summed E-state index contributed by atoms with van der Waals surface area (Å²) in [7, 11) is 9.89. The van der Waals surface area contributed by atoms with Crippen LogP contribution in [0.3, 0.4) is 0 Å². The van der Waals surface area contributed by atoms with Gasteiger partial charge in [-0.2, -0.15) is 0 Å². The number of rotatable bonds is 1. The molecular formula is C18H23Cl2Ta. The van der Waals surface area contributed by atoms with Crippen molar-refractivity contribution in [2.75, 3.05) is 0 Å². The van der Waals surface area contributed by atoms with Crippen molar-refractivity contribution in [1.29, 1.82) is 0 Å². The number of hydrogen-bond acceptors (Lipinski definition) is 0. The SMILES string of the molecule is C=Cc1ccccc1.C[C]1C(C)=C(C)C(C)=C1C.[Cl][Ta][Cl]. The summed E-state index contributed by atoms with van der Waals surface area (Å²) < 4.78 is 0. The van der Waals surface area contributed by atoms with Crippen LogP contribution in [0.2, 0.25) is 0 Å². The van der Waals surface area contributed by atoms with Gasteiger partial charge in [-0.15, -0.1) is 0 Å². The molecule has 0 spiro atoms. The zero-order chi connectivity index (χ0) is 16.4. The Bertz CT molecular complexity index is 477. The predicted molar refractivity (Wildman–Crippen MR) is 93.9 cm³/mol. The van der Waals surface area contributed by atoms with Crippen molar-refractivity contribution < 1.29 is 17.6 Å². The van der Waals surface area contributed by atoms with Crippen LogP contribution in [0.25, 0.3) is 6.08 Å². The third-order valence-electron chi connectivity index (χ3n) is 3.85. The summed E-state index contributed by atoms with van der Waals surface area (Å²) in [5, 5.41) is 0. The summed E-state index contributed by atoms with van der Waals surface area (Å²) in [4.78, 5) is 0. The van der Waals surface area contributed by atoms with Crippen molar-refractivity contribution in [2.24, 2.45) is 0 Å². The van der Waals surface area contributed by atoms with E-state index in [4.69, 9.17) is 18.4 Å².